The molecule has 1 atom stereocenters. The van der Waals surface area contributed by atoms with E-state index in [-0.39, 0.29) is 23.2 Å². The highest BCUT2D eigenvalue weighted by atomic mass is 16.5. The molecule has 0 amide bonds. The van der Waals surface area contributed by atoms with E-state index in [1.165, 1.54) is 13.3 Å². The molecule has 1 aliphatic heterocycles. The molecule has 2 aromatic carbocycles. The number of aryl methyl sites for hydroxylation is 1. The third-order valence-corrected chi connectivity index (χ3v) is 7.20. The van der Waals surface area contributed by atoms with Crippen LogP contribution in [0.25, 0.3) is 33.2 Å². The summed E-state index contributed by atoms with van der Waals surface area (Å²) < 4.78 is 65.4. The SMILES string of the molecule is [2H]C([2H])([2H])Oc1nnn(C([2H])([2H])[2H])c1-c1cnc2c3ccc(C(=O)OC)cc3n([C@H](c3ccccc3)C3CCOCC3)c2c1. The molecule has 0 saturated carbocycles. The number of hydrogen-bond acceptors (Lipinski definition) is 7. The van der Waals surface area contributed by atoms with Crippen LogP contribution in [0.3, 0.4) is 0 Å². The molecule has 1 fully saturated rings. The maximum Gasteiger partial charge on any atom is 0.337 e. The first-order chi connectivity index (χ1) is 21.0. The van der Waals surface area contributed by atoms with Gasteiger partial charge >= 0.3 is 5.97 Å². The summed E-state index contributed by atoms with van der Waals surface area (Å²) in [5.41, 5.74) is 3.47. The Morgan fingerprint density at radius 3 is 2.74 bits per heavy atom. The molecule has 1 saturated heterocycles. The molecular weight excluding hydrogens is 482 g/mol. The number of fused-ring (bicyclic) bond motifs is 3. The molecule has 0 radical (unpaired) electrons. The molecule has 38 heavy (non-hydrogen) atoms. The molecule has 1 aliphatic rings. The summed E-state index contributed by atoms with van der Waals surface area (Å²) in [5, 5.41) is 8.25. The van der Waals surface area contributed by atoms with Gasteiger partial charge in [0.25, 0.3) is 5.88 Å². The first-order valence-electron chi connectivity index (χ1n) is 15.3. The van der Waals surface area contributed by atoms with Crippen LogP contribution in [0.15, 0.2) is 60.8 Å². The van der Waals surface area contributed by atoms with Crippen molar-refractivity contribution >= 4 is 27.9 Å². The second-order valence-electron chi connectivity index (χ2n) is 9.25. The average molecular weight is 518 g/mol. The van der Waals surface area contributed by atoms with E-state index in [4.69, 9.17) is 27.4 Å². The molecule has 0 bridgehead atoms. The monoisotopic (exact) mass is 517 g/mol. The van der Waals surface area contributed by atoms with Gasteiger partial charge in [0.05, 0.1) is 46.4 Å². The van der Waals surface area contributed by atoms with E-state index in [0.717, 1.165) is 29.3 Å². The third-order valence-electron chi connectivity index (χ3n) is 7.20. The lowest BCUT2D eigenvalue weighted by Crippen LogP contribution is -2.27. The van der Waals surface area contributed by atoms with E-state index < -0.39 is 25.9 Å². The predicted molar refractivity (Wildman–Crippen MR) is 143 cm³/mol. The van der Waals surface area contributed by atoms with Gasteiger partial charge in [0.2, 0.25) is 0 Å². The van der Waals surface area contributed by atoms with Crippen LogP contribution in [0, 0.1) is 5.92 Å². The Hall–Kier alpha value is -4.24. The van der Waals surface area contributed by atoms with Crippen molar-refractivity contribution in [3.63, 3.8) is 0 Å². The number of carbonyl (C=O) groups is 1. The highest BCUT2D eigenvalue weighted by Crippen LogP contribution is 2.41. The Kier molecular flexibility index (Phi) is 4.71. The average Bonchev–Trinajstić information content (AvgIpc) is 3.56. The summed E-state index contributed by atoms with van der Waals surface area (Å²) in [5.74, 6) is -0.792. The third kappa shape index (κ3) is 3.99. The lowest BCUT2D eigenvalue weighted by Gasteiger charge is -2.33. The predicted octanol–water partition coefficient (Wildman–Crippen LogP) is 4.80. The molecule has 4 heterocycles. The molecule has 5 aromatic rings. The number of benzene rings is 2. The lowest BCUT2D eigenvalue weighted by molar-refractivity contribution is 0.0553. The molecule has 0 unspecified atom stereocenters. The van der Waals surface area contributed by atoms with Crippen LogP contribution in [0.5, 0.6) is 5.88 Å². The Balaban J connectivity index is 1.67. The number of aromatic nitrogens is 5. The number of rotatable bonds is 6. The molecule has 0 spiro atoms. The van der Waals surface area contributed by atoms with Crippen molar-refractivity contribution in [3.05, 3.63) is 71.9 Å². The largest absolute Gasteiger partial charge is 0.478 e. The van der Waals surface area contributed by atoms with Crippen LogP contribution >= 0.6 is 0 Å². The minimum absolute atomic E-state index is 0.148. The number of hydrogen-bond donors (Lipinski definition) is 0. The van der Waals surface area contributed by atoms with Gasteiger partial charge in [-0.25, -0.2) is 9.48 Å². The standard InChI is InChI=1S/C29H29N5O4/c1-33-27(28(36-2)31-32-33)21-16-24-25(30-17-21)22-10-9-20(29(35)37-3)15-23(22)34(24)26(18-7-5-4-6-8-18)19-11-13-38-14-12-19/h4-10,15-17,19,26H,11-14H2,1-3H3/t26-/m1/s1/i1D3,2D3. The zero-order valence-corrected chi connectivity index (χ0v) is 20.6. The molecule has 6 rings (SSSR count). The van der Waals surface area contributed by atoms with Crippen molar-refractivity contribution in [1.29, 1.82) is 0 Å². The smallest absolute Gasteiger partial charge is 0.337 e. The number of nitrogens with zero attached hydrogens (tertiary/aromatic N) is 5. The summed E-state index contributed by atoms with van der Waals surface area (Å²) >= 11 is 0. The minimum atomic E-state index is -2.90. The summed E-state index contributed by atoms with van der Waals surface area (Å²) in [7, 11) is -1.58. The second-order valence-corrected chi connectivity index (χ2v) is 9.25. The number of esters is 1. The molecule has 194 valence electrons. The molecule has 9 heteroatoms. The van der Waals surface area contributed by atoms with E-state index in [2.05, 4.69) is 27.0 Å². The number of methoxy groups -OCH3 is 2. The van der Waals surface area contributed by atoms with Gasteiger partial charge in [0, 0.05) is 41.4 Å². The summed E-state index contributed by atoms with van der Waals surface area (Å²) in [6, 6.07) is 16.8. The van der Waals surface area contributed by atoms with E-state index in [1.54, 1.807) is 18.2 Å². The second kappa shape index (κ2) is 9.90. The van der Waals surface area contributed by atoms with E-state index in [9.17, 15) is 4.79 Å². The van der Waals surface area contributed by atoms with Gasteiger partial charge in [-0.2, -0.15) is 0 Å². The Bertz CT molecular complexity index is 1830. The molecule has 9 nitrogen and oxygen atoms in total. The maximum atomic E-state index is 12.6. The molecule has 0 N–H and O–H groups in total. The fourth-order valence-electron chi connectivity index (χ4n) is 5.48. The van der Waals surface area contributed by atoms with Gasteiger partial charge in [-0.3, -0.25) is 4.98 Å². The normalized spacial score (nSPS) is 18.1. The molecule has 0 aliphatic carbocycles. The number of pyridine rings is 1. The van der Waals surface area contributed by atoms with Crippen LogP contribution in [0.2, 0.25) is 0 Å². The van der Waals surface area contributed by atoms with Crippen molar-refractivity contribution in [3.8, 4) is 17.1 Å². The Morgan fingerprint density at radius 1 is 1.13 bits per heavy atom. The first kappa shape index (κ1) is 18.1. The van der Waals surface area contributed by atoms with Crippen LogP contribution in [0.4, 0.5) is 0 Å². The number of carbonyl (C=O) groups excluding carboxylic acids is 1. The summed E-state index contributed by atoms with van der Waals surface area (Å²) in [6.07, 6.45) is 3.02. The zero-order chi connectivity index (χ0) is 31.2. The van der Waals surface area contributed by atoms with Crippen LogP contribution in [-0.4, -0.2) is 57.9 Å². The topological polar surface area (TPSA) is 93.3 Å². The van der Waals surface area contributed by atoms with Gasteiger partial charge in [0.1, 0.15) is 5.69 Å². The van der Waals surface area contributed by atoms with Gasteiger partial charge < -0.3 is 18.8 Å². The van der Waals surface area contributed by atoms with E-state index in [0.29, 0.717) is 34.5 Å². The Morgan fingerprint density at radius 2 is 1.97 bits per heavy atom. The Labute approximate surface area is 228 Å². The van der Waals surface area contributed by atoms with Crippen molar-refractivity contribution in [2.75, 3.05) is 27.4 Å². The van der Waals surface area contributed by atoms with E-state index >= 15 is 0 Å². The van der Waals surface area contributed by atoms with Gasteiger partial charge in [0.15, 0.2) is 0 Å². The minimum Gasteiger partial charge on any atom is -0.478 e. The van der Waals surface area contributed by atoms with Gasteiger partial charge in [-0.1, -0.05) is 40.6 Å². The fraction of sp³-hybridized carbons (Fsp3) is 0.310. The van der Waals surface area contributed by atoms with Crippen LogP contribution in [0.1, 0.15) is 43.0 Å². The number of ether oxygens (including phenoxy) is 3. The zero-order valence-electron chi connectivity index (χ0n) is 26.6. The lowest BCUT2D eigenvalue weighted by atomic mass is 9.86. The van der Waals surface area contributed by atoms with Crippen molar-refractivity contribution in [1.82, 2.24) is 24.5 Å². The quantitative estimate of drug-likeness (QED) is 0.299. The fourth-order valence-corrected chi connectivity index (χ4v) is 5.48. The van der Waals surface area contributed by atoms with Gasteiger partial charge in [-0.15, -0.1) is 0 Å². The maximum absolute atomic E-state index is 12.6. The highest BCUT2D eigenvalue weighted by molar-refractivity contribution is 6.08. The van der Waals surface area contributed by atoms with Crippen molar-refractivity contribution in [2.45, 2.75) is 18.9 Å². The van der Waals surface area contributed by atoms with Gasteiger partial charge in [-0.05, 0) is 48.6 Å². The molecular formula is C29H29N5O4. The first-order valence-corrected chi connectivity index (χ1v) is 12.3. The van der Waals surface area contributed by atoms with E-state index in [1.807, 2.05) is 24.3 Å². The van der Waals surface area contributed by atoms with Crippen LogP contribution in [-0.2, 0) is 16.4 Å². The highest BCUT2D eigenvalue weighted by Gasteiger charge is 2.31. The summed E-state index contributed by atoms with van der Waals surface area (Å²) in [6.45, 7) is -1.59. The van der Waals surface area contributed by atoms with Crippen molar-refractivity contribution in [2.24, 2.45) is 12.9 Å². The van der Waals surface area contributed by atoms with Crippen molar-refractivity contribution < 1.29 is 27.2 Å². The van der Waals surface area contributed by atoms with Crippen LogP contribution < -0.4 is 4.74 Å². The summed E-state index contributed by atoms with van der Waals surface area (Å²) in [4.78, 5) is 17.4. The molecule has 3 aromatic heterocycles.